The zero-order valence-electron chi connectivity index (χ0n) is 18.8. The number of nitrogens with zero attached hydrogens (tertiary/aromatic N) is 6. The van der Waals surface area contributed by atoms with Gasteiger partial charge in [-0.1, -0.05) is 30.3 Å². The van der Waals surface area contributed by atoms with E-state index >= 15 is 0 Å². The van der Waals surface area contributed by atoms with Gasteiger partial charge in [-0.15, -0.1) is 0 Å². The first-order valence-electron chi connectivity index (χ1n) is 11.2. The third kappa shape index (κ3) is 4.11. The standard InChI is InChI=1S/C26H21ClN6O2/c1-2-24(35)32-10-3-4-20(16-32)33-26-21(13-29-14-22(26)27)25(30-33)17-5-7-19(8-6-17)31-11-9-23(34)18(12-28)15-31/h2,5-9,11,13-15,20H,1,3-4,10,16H2. The highest BCUT2D eigenvalue weighted by atomic mass is 35.5. The van der Waals surface area contributed by atoms with Gasteiger partial charge in [-0.25, -0.2) is 0 Å². The van der Waals surface area contributed by atoms with E-state index in [0.717, 1.165) is 40.7 Å². The Balaban J connectivity index is 1.55. The van der Waals surface area contributed by atoms with Crippen LogP contribution >= 0.6 is 11.6 Å². The highest BCUT2D eigenvalue weighted by Gasteiger charge is 2.27. The maximum atomic E-state index is 12.2. The third-order valence-electron chi connectivity index (χ3n) is 6.27. The van der Waals surface area contributed by atoms with Crippen LogP contribution < -0.4 is 5.43 Å². The van der Waals surface area contributed by atoms with Crippen LogP contribution in [0.4, 0.5) is 0 Å². The average molecular weight is 485 g/mol. The SMILES string of the molecule is C=CC(=O)N1CCCC(n2nc(-c3ccc(-n4ccc(=O)c(C#N)c4)cc3)c3cncc(Cl)c32)C1. The molecule has 174 valence electrons. The molecule has 9 heteroatoms. The fourth-order valence-corrected chi connectivity index (χ4v) is 4.77. The zero-order chi connectivity index (χ0) is 24.5. The summed E-state index contributed by atoms with van der Waals surface area (Å²) in [6.45, 7) is 4.84. The predicted octanol–water partition coefficient (Wildman–Crippen LogP) is 4.12. The molecule has 1 atom stereocenters. The van der Waals surface area contributed by atoms with Gasteiger partial charge in [0.25, 0.3) is 0 Å². The minimum absolute atomic E-state index is 0.0198. The van der Waals surface area contributed by atoms with Gasteiger partial charge in [-0.05, 0) is 31.1 Å². The van der Waals surface area contributed by atoms with E-state index in [2.05, 4.69) is 11.6 Å². The van der Waals surface area contributed by atoms with Crippen LogP contribution in [0.5, 0.6) is 0 Å². The molecular formula is C26H21ClN6O2. The fourth-order valence-electron chi connectivity index (χ4n) is 4.53. The summed E-state index contributed by atoms with van der Waals surface area (Å²) in [7, 11) is 0. The molecule has 3 aromatic heterocycles. The quantitative estimate of drug-likeness (QED) is 0.406. The summed E-state index contributed by atoms with van der Waals surface area (Å²) in [4.78, 5) is 30.0. The highest BCUT2D eigenvalue weighted by molar-refractivity contribution is 6.35. The molecule has 1 aliphatic heterocycles. The van der Waals surface area contributed by atoms with Crippen molar-refractivity contribution in [1.29, 1.82) is 5.26 Å². The van der Waals surface area contributed by atoms with E-state index in [1.807, 2.05) is 35.0 Å². The largest absolute Gasteiger partial charge is 0.337 e. The molecule has 0 bridgehead atoms. The van der Waals surface area contributed by atoms with E-state index in [1.54, 1.807) is 28.1 Å². The summed E-state index contributed by atoms with van der Waals surface area (Å²) in [5.74, 6) is -0.0863. The molecule has 0 N–H and O–H groups in total. The van der Waals surface area contributed by atoms with Crippen LogP contribution in [-0.4, -0.2) is 43.2 Å². The van der Waals surface area contributed by atoms with E-state index in [-0.39, 0.29) is 22.9 Å². The van der Waals surface area contributed by atoms with Gasteiger partial charge in [0.1, 0.15) is 17.3 Å². The van der Waals surface area contributed by atoms with Gasteiger partial charge in [0, 0.05) is 60.6 Å². The number of hydrogen-bond acceptors (Lipinski definition) is 5. The van der Waals surface area contributed by atoms with E-state index in [1.165, 1.54) is 18.3 Å². The maximum Gasteiger partial charge on any atom is 0.246 e. The lowest BCUT2D eigenvalue weighted by molar-refractivity contribution is -0.127. The van der Waals surface area contributed by atoms with Crippen LogP contribution in [0.25, 0.3) is 27.8 Å². The first-order chi connectivity index (χ1) is 17.0. The first kappa shape index (κ1) is 22.6. The Labute approximate surface area is 206 Å². The van der Waals surface area contributed by atoms with Crippen LogP contribution in [0.15, 0.2) is 72.6 Å². The van der Waals surface area contributed by atoms with Crippen molar-refractivity contribution in [3.63, 3.8) is 0 Å². The Morgan fingerprint density at radius 3 is 2.77 bits per heavy atom. The number of carbonyl (C=O) groups excluding carboxylic acids is 1. The second-order valence-corrected chi connectivity index (χ2v) is 8.79. The fraction of sp³-hybridized carbons (Fsp3) is 0.192. The summed E-state index contributed by atoms with van der Waals surface area (Å²) in [5, 5.41) is 15.4. The lowest BCUT2D eigenvalue weighted by Gasteiger charge is -2.32. The number of pyridine rings is 2. The van der Waals surface area contributed by atoms with Crippen LogP contribution in [0.3, 0.4) is 0 Å². The van der Waals surface area contributed by atoms with Gasteiger partial charge < -0.3 is 9.47 Å². The molecule has 0 radical (unpaired) electrons. The number of hydrogen-bond donors (Lipinski definition) is 0. The van der Waals surface area contributed by atoms with Gasteiger partial charge in [-0.3, -0.25) is 19.3 Å². The molecule has 0 saturated carbocycles. The van der Waals surface area contributed by atoms with Gasteiger partial charge in [0.15, 0.2) is 5.43 Å². The van der Waals surface area contributed by atoms with Crippen LogP contribution in [-0.2, 0) is 4.79 Å². The topological polar surface area (TPSA) is 96.8 Å². The molecule has 1 aromatic carbocycles. The molecular weight excluding hydrogens is 464 g/mol. The number of halogens is 1. The normalized spacial score (nSPS) is 15.7. The number of likely N-dealkylation sites (tertiary alicyclic amines) is 1. The van der Waals surface area contributed by atoms with Crippen molar-refractivity contribution < 1.29 is 4.79 Å². The molecule has 8 nitrogen and oxygen atoms in total. The molecule has 35 heavy (non-hydrogen) atoms. The van der Waals surface area contributed by atoms with Gasteiger partial charge in [0.2, 0.25) is 5.91 Å². The van der Waals surface area contributed by atoms with Crippen molar-refractivity contribution in [1.82, 2.24) is 24.2 Å². The Hall–Kier alpha value is -4.22. The lowest BCUT2D eigenvalue weighted by atomic mass is 10.1. The zero-order valence-corrected chi connectivity index (χ0v) is 19.5. The molecule has 0 aliphatic carbocycles. The number of amides is 1. The van der Waals surface area contributed by atoms with Crippen molar-refractivity contribution in [2.75, 3.05) is 13.1 Å². The molecule has 4 heterocycles. The summed E-state index contributed by atoms with van der Waals surface area (Å²) in [6.07, 6.45) is 9.59. The summed E-state index contributed by atoms with van der Waals surface area (Å²) in [5.41, 5.74) is 2.98. The minimum Gasteiger partial charge on any atom is -0.337 e. The molecule has 1 amide bonds. The van der Waals surface area contributed by atoms with Gasteiger partial charge in [-0.2, -0.15) is 10.4 Å². The van der Waals surface area contributed by atoms with E-state index in [4.69, 9.17) is 22.0 Å². The Morgan fingerprint density at radius 1 is 1.23 bits per heavy atom. The molecule has 1 saturated heterocycles. The smallest absolute Gasteiger partial charge is 0.246 e. The third-order valence-corrected chi connectivity index (χ3v) is 6.55. The maximum absolute atomic E-state index is 12.2. The average Bonchev–Trinajstić information content (AvgIpc) is 3.30. The Morgan fingerprint density at radius 2 is 2.03 bits per heavy atom. The van der Waals surface area contributed by atoms with Crippen LogP contribution in [0.1, 0.15) is 24.4 Å². The molecule has 1 fully saturated rings. The van der Waals surface area contributed by atoms with Crippen molar-refractivity contribution in [2.24, 2.45) is 0 Å². The van der Waals surface area contributed by atoms with Crippen molar-refractivity contribution in [2.45, 2.75) is 18.9 Å². The van der Waals surface area contributed by atoms with Crippen molar-refractivity contribution >= 4 is 28.4 Å². The van der Waals surface area contributed by atoms with E-state index in [9.17, 15) is 9.59 Å². The highest BCUT2D eigenvalue weighted by Crippen LogP contribution is 2.35. The number of benzene rings is 1. The van der Waals surface area contributed by atoms with E-state index in [0.29, 0.717) is 18.1 Å². The predicted molar refractivity (Wildman–Crippen MR) is 133 cm³/mol. The molecule has 1 aliphatic rings. The monoisotopic (exact) mass is 484 g/mol. The van der Waals surface area contributed by atoms with Crippen molar-refractivity contribution in [3.8, 4) is 23.0 Å². The number of nitriles is 1. The van der Waals surface area contributed by atoms with Crippen LogP contribution in [0, 0.1) is 11.3 Å². The summed E-state index contributed by atoms with van der Waals surface area (Å²) < 4.78 is 3.65. The van der Waals surface area contributed by atoms with Gasteiger partial charge in [0.05, 0.1) is 16.6 Å². The molecule has 1 unspecified atom stereocenters. The molecule has 0 spiro atoms. The van der Waals surface area contributed by atoms with Crippen LogP contribution in [0.2, 0.25) is 5.02 Å². The minimum atomic E-state index is -0.308. The number of aromatic nitrogens is 4. The summed E-state index contributed by atoms with van der Waals surface area (Å²) in [6, 6.07) is 10.9. The number of rotatable bonds is 4. The number of piperidine rings is 1. The summed E-state index contributed by atoms with van der Waals surface area (Å²) >= 11 is 6.58. The molecule has 4 aromatic rings. The number of fused-ring (bicyclic) bond motifs is 1. The molecule has 5 rings (SSSR count). The second kappa shape index (κ2) is 9.20. The second-order valence-electron chi connectivity index (χ2n) is 8.38. The first-order valence-corrected chi connectivity index (χ1v) is 11.5. The lowest BCUT2D eigenvalue weighted by Crippen LogP contribution is -2.40. The Bertz CT molecular complexity index is 1550. The van der Waals surface area contributed by atoms with E-state index < -0.39 is 0 Å². The van der Waals surface area contributed by atoms with Crippen molar-refractivity contribution in [3.05, 3.63) is 88.6 Å². The Kier molecular flexibility index (Phi) is 5.93. The van der Waals surface area contributed by atoms with Gasteiger partial charge >= 0.3 is 0 Å². The number of carbonyl (C=O) groups is 1.